The van der Waals surface area contributed by atoms with Crippen molar-refractivity contribution in [3.05, 3.63) is 48.5 Å². The van der Waals surface area contributed by atoms with Gasteiger partial charge in [0.25, 0.3) is 5.91 Å². The van der Waals surface area contributed by atoms with E-state index in [1.807, 2.05) is 48.0 Å². The molecule has 2 atom stereocenters. The number of amides is 3. The number of para-hydroxylation sites is 1. The van der Waals surface area contributed by atoms with E-state index in [1.165, 1.54) is 4.90 Å². The van der Waals surface area contributed by atoms with Crippen molar-refractivity contribution < 1.29 is 14.3 Å². The Kier molecular flexibility index (Phi) is 4.94. The Bertz CT molecular complexity index is 814. The third kappa shape index (κ3) is 3.47. The van der Waals surface area contributed by atoms with Gasteiger partial charge in [0.1, 0.15) is 11.9 Å². The number of urea groups is 1. The van der Waals surface area contributed by atoms with Crippen LogP contribution in [0, 0.1) is 5.92 Å². The van der Waals surface area contributed by atoms with E-state index in [4.69, 9.17) is 4.74 Å². The molecule has 4 rings (SSSR count). The predicted molar refractivity (Wildman–Crippen MR) is 99.3 cm³/mol. The summed E-state index contributed by atoms with van der Waals surface area (Å²) in [7, 11) is 0. The van der Waals surface area contributed by atoms with Gasteiger partial charge in [-0.1, -0.05) is 18.2 Å². The second kappa shape index (κ2) is 7.52. The van der Waals surface area contributed by atoms with Crippen molar-refractivity contribution in [2.45, 2.75) is 38.3 Å². The summed E-state index contributed by atoms with van der Waals surface area (Å²) >= 11 is 0. The van der Waals surface area contributed by atoms with Crippen LogP contribution >= 0.6 is 0 Å². The molecule has 2 aliphatic rings. The number of ether oxygens (including phenoxy) is 1. The molecule has 1 aromatic carbocycles. The van der Waals surface area contributed by atoms with E-state index in [1.54, 1.807) is 6.20 Å². The lowest BCUT2D eigenvalue weighted by Crippen LogP contribution is -2.36. The van der Waals surface area contributed by atoms with E-state index >= 15 is 0 Å². The van der Waals surface area contributed by atoms with E-state index in [0.717, 1.165) is 31.7 Å². The Morgan fingerprint density at radius 2 is 1.96 bits per heavy atom. The van der Waals surface area contributed by atoms with E-state index in [0.29, 0.717) is 18.2 Å². The molecule has 2 aliphatic heterocycles. The molecule has 0 saturated carbocycles. The number of nitrogens with zero attached hydrogens (tertiary/aromatic N) is 3. The summed E-state index contributed by atoms with van der Waals surface area (Å²) in [5.74, 6) is 0.910. The summed E-state index contributed by atoms with van der Waals surface area (Å²) in [4.78, 5) is 31.2. The molecule has 0 aliphatic carbocycles. The van der Waals surface area contributed by atoms with Crippen molar-refractivity contribution in [3.63, 3.8) is 0 Å². The minimum absolute atomic E-state index is 0.165. The molecule has 1 aromatic heterocycles. The number of aromatic nitrogens is 2. The number of rotatable bonds is 5. The van der Waals surface area contributed by atoms with Crippen LogP contribution in [0.2, 0.25) is 0 Å². The molecule has 2 aromatic rings. The molecule has 0 bridgehead atoms. The van der Waals surface area contributed by atoms with Crippen LogP contribution in [0.3, 0.4) is 0 Å². The maximum absolute atomic E-state index is 12.9. The van der Waals surface area contributed by atoms with Gasteiger partial charge in [-0.15, -0.1) is 0 Å². The van der Waals surface area contributed by atoms with Gasteiger partial charge in [-0.25, -0.2) is 9.78 Å². The number of carbonyl (C=O) groups is 2. The van der Waals surface area contributed by atoms with Crippen molar-refractivity contribution in [3.8, 4) is 5.69 Å². The quantitative estimate of drug-likeness (QED) is 0.823. The molecule has 2 saturated heterocycles. The Balaban J connectivity index is 1.52. The zero-order valence-electron chi connectivity index (χ0n) is 15.4. The predicted octanol–water partition coefficient (Wildman–Crippen LogP) is 2.67. The standard InChI is InChI=1S/C20H24N4O3/c1-14(18-21-9-10-23(18)16-5-3-2-4-6-16)24-19(25)17(22-20(24)26)13-15-7-11-27-12-8-15/h2-6,9-10,14-15,17H,7-8,11-13H2,1H3,(H,22,26). The molecule has 142 valence electrons. The Hall–Kier alpha value is -2.67. The minimum atomic E-state index is -0.455. The molecule has 2 fully saturated rings. The van der Waals surface area contributed by atoms with Crippen molar-refractivity contribution in [2.24, 2.45) is 5.92 Å². The molecule has 2 unspecified atom stereocenters. The second-order valence-electron chi connectivity index (χ2n) is 7.17. The lowest BCUT2D eigenvalue weighted by Gasteiger charge is -2.24. The minimum Gasteiger partial charge on any atom is -0.381 e. The zero-order chi connectivity index (χ0) is 18.8. The third-order valence-electron chi connectivity index (χ3n) is 5.43. The van der Waals surface area contributed by atoms with Crippen LogP contribution in [-0.2, 0) is 9.53 Å². The Morgan fingerprint density at radius 1 is 1.22 bits per heavy atom. The number of carbonyl (C=O) groups excluding carboxylic acids is 2. The summed E-state index contributed by atoms with van der Waals surface area (Å²) < 4.78 is 7.30. The maximum Gasteiger partial charge on any atom is 0.325 e. The van der Waals surface area contributed by atoms with E-state index in [2.05, 4.69) is 10.3 Å². The highest BCUT2D eigenvalue weighted by atomic mass is 16.5. The fourth-order valence-corrected chi connectivity index (χ4v) is 3.94. The first-order valence-electron chi connectivity index (χ1n) is 9.45. The van der Waals surface area contributed by atoms with E-state index < -0.39 is 12.1 Å². The highest BCUT2D eigenvalue weighted by Crippen LogP contribution is 2.28. The summed E-state index contributed by atoms with van der Waals surface area (Å²) in [5, 5.41) is 2.86. The normalized spacial score (nSPS) is 22.1. The first-order valence-corrected chi connectivity index (χ1v) is 9.45. The Labute approximate surface area is 158 Å². The smallest absolute Gasteiger partial charge is 0.325 e. The second-order valence-corrected chi connectivity index (χ2v) is 7.17. The van der Waals surface area contributed by atoms with Crippen LogP contribution in [0.25, 0.3) is 5.69 Å². The van der Waals surface area contributed by atoms with Gasteiger partial charge in [-0.3, -0.25) is 9.69 Å². The van der Waals surface area contributed by atoms with Crippen LogP contribution in [0.15, 0.2) is 42.7 Å². The van der Waals surface area contributed by atoms with Gasteiger partial charge in [0.15, 0.2) is 0 Å². The number of hydrogen-bond donors (Lipinski definition) is 1. The monoisotopic (exact) mass is 368 g/mol. The first kappa shape index (κ1) is 17.7. The molecule has 3 heterocycles. The van der Waals surface area contributed by atoms with Crippen LogP contribution in [0.1, 0.15) is 38.1 Å². The van der Waals surface area contributed by atoms with Crippen molar-refractivity contribution in [1.29, 1.82) is 0 Å². The first-order chi connectivity index (χ1) is 13.1. The summed E-state index contributed by atoms with van der Waals surface area (Å²) in [6, 6.07) is 8.53. The lowest BCUT2D eigenvalue weighted by molar-refractivity contribution is -0.129. The van der Waals surface area contributed by atoms with Crippen LogP contribution in [-0.4, -0.2) is 45.6 Å². The van der Waals surface area contributed by atoms with E-state index in [9.17, 15) is 9.59 Å². The average molecular weight is 368 g/mol. The fraction of sp³-hybridized carbons (Fsp3) is 0.450. The third-order valence-corrected chi connectivity index (χ3v) is 5.43. The SMILES string of the molecule is CC(c1nccn1-c1ccccc1)N1C(=O)NC(CC2CCOCC2)C1=O. The number of benzene rings is 1. The van der Waals surface area contributed by atoms with Gasteiger partial charge in [0.2, 0.25) is 0 Å². The average Bonchev–Trinajstić information content (AvgIpc) is 3.28. The van der Waals surface area contributed by atoms with Crippen LogP contribution in [0.4, 0.5) is 4.79 Å². The van der Waals surface area contributed by atoms with E-state index in [-0.39, 0.29) is 11.9 Å². The maximum atomic E-state index is 12.9. The number of nitrogens with one attached hydrogen (secondary N) is 1. The van der Waals surface area contributed by atoms with Gasteiger partial charge >= 0.3 is 6.03 Å². The van der Waals surface area contributed by atoms with Gasteiger partial charge < -0.3 is 14.6 Å². The summed E-state index contributed by atoms with van der Waals surface area (Å²) in [6.45, 7) is 3.30. The number of imidazole rings is 1. The van der Waals surface area contributed by atoms with Gasteiger partial charge in [-0.2, -0.15) is 0 Å². The molecule has 0 radical (unpaired) electrons. The van der Waals surface area contributed by atoms with Crippen LogP contribution in [0.5, 0.6) is 0 Å². The summed E-state index contributed by atoms with van der Waals surface area (Å²) in [6.07, 6.45) is 6.08. The fourth-order valence-electron chi connectivity index (χ4n) is 3.94. The largest absolute Gasteiger partial charge is 0.381 e. The number of hydrogen-bond acceptors (Lipinski definition) is 4. The molecule has 3 amide bonds. The molecule has 0 spiro atoms. The topological polar surface area (TPSA) is 76.5 Å². The van der Waals surface area contributed by atoms with Crippen LogP contribution < -0.4 is 5.32 Å². The number of imide groups is 1. The molecule has 27 heavy (non-hydrogen) atoms. The molecule has 7 heteroatoms. The lowest BCUT2D eigenvalue weighted by atomic mass is 9.92. The highest BCUT2D eigenvalue weighted by Gasteiger charge is 2.43. The molecular weight excluding hydrogens is 344 g/mol. The van der Waals surface area contributed by atoms with Gasteiger partial charge in [0.05, 0.1) is 6.04 Å². The molecule has 1 N–H and O–H groups in total. The molecular formula is C20H24N4O3. The highest BCUT2D eigenvalue weighted by molar-refractivity contribution is 6.04. The van der Waals surface area contributed by atoms with Crippen molar-refractivity contribution >= 4 is 11.9 Å². The van der Waals surface area contributed by atoms with Gasteiger partial charge in [-0.05, 0) is 44.2 Å². The van der Waals surface area contributed by atoms with Crippen molar-refractivity contribution in [2.75, 3.05) is 13.2 Å². The zero-order valence-corrected chi connectivity index (χ0v) is 15.4. The van der Waals surface area contributed by atoms with Gasteiger partial charge in [0, 0.05) is 31.3 Å². The Morgan fingerprint density at radius 3 is 2.70 bits per heavy atom. The molecule has 7 nitrogen and oxygen atoms in total. The summed E-state index contributed by atoms with van der Waals surface area (Å²) in [5.41, 5.74) is 0.947. The van der Waals surface area contributed by atoms with Crippen molar-refractivity contribution in [1.82, 2.24) is 19.8 Å².